The molecular formula is C28H26ClN5O4S. The highest BCUT2D eigenvalue weighted by atomic mass is 35.5. The zero-order valence-corrected chi connectivity index (χ0v) is 23.3. The number of hydrogen-bond donors (Lipinski definition) is 1. The molecule has 2 atom stereocenters. The number of aryl methyl sites for hydroxylation is 1. The van der Waals surface area contributed by atoms with Gasteiger partial charge < -0.3 is 24.3 Å². The van der Waals surface area contributed by atoms with Crippen LogP contribution in [0, 0.1) is 24.0 Å². The molecule has 4 aromatic rings. The molecule has 0 spiro atoms. The normalized spacial score (nSPS) is 16.7. The van der Waals surface area contributed by atoms with E-state index in [2.05, 4.69) is 10.3 Å². The number of benzene rings is 2. The lowest BCUT2D eigenvalue weighted by Crippen LogP contribution is -2.29. The lowest BCUT2D eigenvalue weighted by Gasteiger charge is -2.28. The van der Waals surface area contributed by atoms with Gasteiger partial charge in [-0.05, 0) is 80.2 Å². The van der Waals surface area contributed by atoms with Gasteiger partial charge in [0, 0.05) is 23.3 Å². The molecule has 2 aromatic carbocycles. The zero-order chi connectivity index (χ0) is 27.8. The maximum atomic E-state index is 12.0. The number of thiocarbonyl (C=S) groups is 1. The Hall–Kier alpha value is -4.15. The summed E-state index contributed by atoms with van der Waals surface area (Å²) in [5.74, 6) is 0.970. The first-order valence-electron chi connectivity index (χ1n) is 12.1. The van der Waals surface area contributed by atoms with E-state index >= 15 is 0 Å². The second kappa shape index (κ2) is 10.5. The van der Waals surface area contributed by atoms with Gasteiger partial charge >= 0.3 is 0 Å². The molecule has 5 rings (SSSR count). The third kappa shape index (κ3) is 4.66. The number of methoxy groups -OCH3 is 2. The second-order valence-electron chi connectivity index (χ2n) is 9.09. The third-order valence-corrected chi connectivity index (χ3v) is 7.53. The summed E-state index contributed by atoms with van der Waals surface area (Å²) in [5.41, 5.74) is 4.59. The minimum absolute atomic E-state index is 0.0529. The first kappa shape index (κ1) is 26.5. The quantitative estimate of drug-likeness (QED) is 0.160. The molecule has 11 heteroatoms. The Labute approximate surface area is 236 Å². The molecule has 3 heterocycles. The number of hydrogen-bond acceptors (Lipinski definition) is 6. The highest BCUT2D eigenvalue weighted by Crippen LogP contribution is 2.45. The Bertz CT molecular complexity index is 1580. The van der Waals surface area contributed by atoms with E-state index in [1.165, 1.54) is 13.2 Å². The summed E-state index contributed by atoms with van der Waals surface area (Å²) < 4.78 is 12.5. The topological polar surface area (TPSA) is 94.7 Å². The average molecular weight is 564 g/mol. The van der Waals surface area contributed by atoms with Gasteiger partial charge in [-0.15, -0.1) is 0 Å². The van der Waals surface area contributed by atoms with Crippen molar-refractivity contribution in [2.45, 2.75) is 25.9 Å². The molecular weight excluding hydrogens is 538 g/mol. The Balaban J connectivity index is 1.70. The van der Waals surface area contributed by atoms with Crippen LogP contribution in [-0.4, -0.2) is 33.8 Å². The van der Waals surface area contributed by atoms with Crippen LogP contribution >= 0.6 is 23.8 Å². The molecule has 0 unspecified atom stereocenters. The van der Waals surface area contributed by atoms with Crippen LogP contribution in [0.3, 0.4) is 0 Å². The van der Waals surface area contributed by atoms with Gasteiger partial charge in [0.2, 0.25) is 0 Å². The summed E-state index contributed by atoms with van der Waals surface area (Å²) >= 11 is 12.4. The predicted octanol–water partition coefficient (Wildman–Crippen LogP) is 6.25. The van der Waals surface area contributed by atoms with E-state index in [4.69, 9.17) is 33.3 Å². The van der Waals surface area contributed by atoms with Crippen molar-refractivity contribution in [2.75, 3.05) is 19.1 Å². The van der Waals surface area contributed by atoms with Gasteiger partial charge in [0.15, 0.2) is 5.11 Å². The highest BCUT2D eigenvalue weighted by molar-refractivity contribution is 7.80. The molecule has 39 heavy (non-hydrogen) atoms. The standard InChI is InChI=1S/C28H26ClN5O4S/c1-16-13-20(17(2)32(16)23-10-9-19(37-3)15-24(23)34(35)36)27-26(22-7-5-6-12-30-22)31-28(39)33(27)18-8-11-25(38-4)21(29)14-18/h5-15,26-27H,1-4H3,(H,31,39)/t26-,27+/m0/s1. The Morgan fingerprint density at radius 2 is 1.87 bits per heavy atom. The van der Waals surface area contributed by atoms with E-state index in [9.17, 15) is 10.1 Å². The highest BCUT2D eigenvalue weighted by Gasteiger charge is 2.42. The Morgan fingerprint density at radius 1 is 1.08 bits per heavy atom. The number of nitro groups is 1. The van der Waals surface area contributed by atoms with Gasteiger partial charge in [-0.3, -0.25) is 15.1 Å². The molecule has 200 valence electrons. The molecule has 1 aliphatic heterocycles. The lowest BCUT2D eigenvalue weighted by atomic mass is 9.96. The van der Waals surface area contributed by atoms with Gasteiger partial charge in [0.05, 0.1) is 48.0 Å². The fraction of sp³-hybridized carbons (Fsp3) is 0.214. The predicted molar refractivity (Wildman–Crippen MR) is 154 cm³/mol. The molecule has 1 N–H and O–H groups in total. The fourth-order valence-electron chi connectivity index (χ4n) is 5.18. The molecule has 1 aliphatic rings. The number of rotatable bonds is 7. The van der Waals surface area contributed by atoms with E-state index in [0.29, 0.717) is 27.3 Å². The minimum Gasteiger partial charge on any atom is -0.496 e. The monoisotopic (exact) mass is 563 g/mol. The van der Waals surface area contributed by atoms with Crippen LogP contribution < -0.4 is 19.7 Å². The van der Waals surface area contributed by atoms with Gasteiger partial charge in [-0.2, -0.15) is 0 Å². The third-order valence-electron chi connectivity index (χ3n) is 6.92. The summed E-state index contributed by atoms with van der Waals surface area (Å²) in [4.78, 5) is 18.2. The number of anilines is 1. The number of nitrogens with zero attached hydrogens (tertiary/aromatic N) is 4. The summed E-state index contributed by atoms with van der Waals surface area (Å²) in [6, 6.07) is 17.5. The van der Waals surface area contributed by atoms with Crippen molar-refractivity contribution in [1.29, 1.82) is 0 Å². The molecule has 1 saturated heterocycles. The fourth-order valence-corrected chi connectivity index (χ4v) is 5.78. The largest absolute Gasteiger partial charge is 0.496 e. The second-order valence-corrected chi connectivity index (χ2v) is 9.88. The molecule has 0 saturated carbocycles. The number of nitro benzene ring substituents is 1. The Kier molecular flexibility index (Phi) is 7.16. The smallest absolute Gasteiger partial charge is 0.296 e. The molecule has 0 amide bonds. The van der Waals surface area contributed by atoms with Crippen molar-refractivity contribution in [3.8, 4) is 17.2 Å². The average Bonchev–Trinajstić information content (AvgIpc) is 3.43. The first-order valence-corrected chi connectivity index (χ1v) is 12.9. The van der Waals surface area contributed by atoms with Crippen LogP contribution in [0.1, 0.15) is 34.7 Å². The van der Waals surface area contributed by atoms with Crippen LogP contribution in [0.2, 0.25) is 5.02 Å². The van der Waals surface area contributed by atoms with E-state index in [0.717, 1.165) is 28.3 Å². The summed E-state index contributed by atoms with van der Waals surface area (Å²) in [6.07, 6.45) is 1.74. The van der Waals surface area contributed by atoms with Crippen LogP contribution in [0.25, 0.3) is 5.69 Å². The molecule has 2 aromatic heterocycles. The number of ether oxygens (including phenoxy) is 2. The molecule has 0 aliphatic carbocycles. The summed E-state index contributed by atoms with van der Waals surface area (Å²) in [7, 11) is 3.05. The lowest BCUT2D eigenvalue weighted by molar-refractivity contribution is -0.384. The van der Waals surface area contributed by atoms with E-state index in [1.807, 2.05) is 59.7 Å². The minimum atomic E-state index is -0.398. The van der Waals surface area contributed by atoms with E-state index < -0.39 is 4.92 Å². The molecule has 0 radical (unpaired) electrons. The van der Waals surface area contributed by atoms with Crippen molar-refractivity contribution in [3.63, 3.8) is 0 Å². The number of aromatic nitrogens is 2. The molecule has 9 nitrogen and oxygen atoms in total. The molecule has 1 fully saturated rings. The number of nitrogens with one attached hydrogen (secondary N) is 1. The number of pyridine rings is 1. The van der Waals surface area contributed by atoms with Crippen molar-refractivity contribution in [3.05, 3.63) is 105 Å². The van der Waals surface area contributed by atoms with Gasteiger partial charge in [0.1, 0.15) is 17.2 Å². The van der Waals surface area contributed by atoms with Crippen LogP contribution in [-0.2, 0) is 0 Å². The van der Waals surface area contributed by atoms with Crippen LogP contribution in [0.4, 0.5) is 11.4 Å². The summed E-state index contributed by atoms with van der Waals surface area (Å²) in [5, 5.41) is 16.4. The van der Waals surface area contributed by atoms with Crippen molar-refractivity contribution in [1.82, 2.24) is 14.9 Å². The van der Waals surface area contributed by atoms with E-state index in [1.54, 1.807) is 31.5 Å². The SMILES string of the molecule is COc1ccc(-n2c(C)cc([C@@H]3[C@H](c4ccccn4)NC(=S)N3c3ccc(OC)c(Cl)c3)c2C)c([N+](=O)[O-])c1. The Morgan fingerprint density at radius 3 is 2.51 bits per heavy atom. The van der Waals surface area contributed by atoms with Crippen LogP contribution in [0.5, 0.6) is 11.5 Å². The van der Waals surface area contributed by atoms with Crippen molar-refractivity contribution in [2.24, 2.45) is 0 Å². The van der Waals surface area contributed by atoms with Crippen LogP contribution in [0.15, 0.2) is 66.9 Å². The maximum Gasteiger partial charge on any atom is 0.296 e. The first-order chi connectivity index (χ1) is 18.7. The summed E-state index contributed by atoms with van der Waals surface area (Å²) in [6.45, 7) is 3.88. The van der Waals surface area contributed by atoms with Crippen molar-refractivity contribution >= 4 is 40.3 Å². The zero-order valence-electron chi connectivity index (χ0n) is 21.7. The van der Waals surface area contributed by atoms with Gasteiger partial charge in [0.25, 0.3) is 5.69 Å². The van der Waals surface area contributed by atoms with Crippen molar-refractivity contribution < 1.29 is 14.4 Å². The molecule has 0 bridgehead atoms. The van der Waals surface area contributed by atoms with Gasteiger partial charge in [-0.1, -0.05) is 17.7 Å². The van der Waals surface area contributed by atoms with Gasteiger partial charge in [-0.25, -0.2) is 0 Å². The maximum absolute atomic E-state index is 12.0. The van der Waals surface area contributed by atoms with E-state index in [-0.39, 0.29) is 17.8 Å². The number of halogens is 1.